The van der Waals surface area contributed by atoms with Gasteiger partial charge in [0.15, 0.2) is 5.65 Å². The van der Waals surface area contributed by atoms with Crippen LogP contribution in [0.5, 0.6) is 0 Å². The normalized spacial score (nSPS) is 24.6. The summed E-state index contributed by atoms with van der Waals surface area (Å²) in [7, 11) is 0. The van der Waals surface area contributed by atoms with Crippen molar-refractivity contribution in [2.75, 3.05) is 0 Å². The summed E-state index contributed by atoms with van der Waals surface area (Å²) in [6, 6.07) is 0. The number of halogens is 1. The second kappa shape index (κ2) is 5.00. The molecule has 0 radical (unpaired) electrons. The highest BCUT2D eigenvalue weighted by atomic mass is 79.9. The van der Waals surface area contributed by atoms with Crippen molar-refractivity contribution in [2.24, 2.45) is 11.8 Å². The fraction of sp³-hybridized carbons (Fsp3) is 0.571. The van der Waals surface area contributed by atoms with Crippen LogP contribution >= 0.6 is 15.9 Å². The van der Waals surface area contributed by atoms with Crippen LogP contribution in [0, 0.1) is 11.8 Å². The standard InChI is InChI=1S/C14H18BrN3/c1-10-2-4-11(5-3-10)8-12-14-16-6-7-18(14)9-13(15)17-12/h6-7,9-11H,2-5,8H2,1H3. The zero-order valence-electron chi connectivity index (χ0n) is 10.6. The van der Waals surface area contributed by atoms with Crippen LogP contribution in [0.3, 0.4) is 0 Å². The van der Waals surface area contributed by atoms with Crippen molar-refractivity contribution >= 4 is 21.6 Å². The van der Waals surface area contributed by atoms with Gasteiger partial charge in [0, 0.05) is 18.6 Å². The lowest BCUT2D eigenvalue weighted by atomic mass is 9.81. The van der Waals surface area contributed by atoms with E-state index in [1.54, 1.807) is 0 Å². The van der Waals surface area contributed by atoms with Crippen molar-refractivity contribution in [3.63, 3.8) is 0 Å². The predicted octanol–water partition coefficient (Wildman–Crippen LogP) is 3.86. The number of aromatic nitrogens is 3. The molecule has 0 amide bonds. The van der Waals surface area contributed by atoms with Gasteiger partial charge in [0.1, 0.15) is 4.60 Å². The molecule has 2 aromatic heterocycles. The summed E-state index contributed by atoms with van der Waals surface area (Å²) >= 11 is 3.48. The largest absolute Gasteiger partial charge is 0.303 e. The topological polar surface area (TPSA) is 30.2 Å². The third-order valence-corrected chi connectivity index (χ3v) is 4.41. The molecule has 96 valence electrons. The minimum absolute atomic E-state index is 0.781. The van der Waals surface area contributed by atoms with Crippen LogP contribution < -0.4 is 0 Å². The zero-order valence-corrected chi connectivity index (χ0v) is 12.2. The van der Waals surface area contributed by atoms with Crippen LogP contribution in [0.1, 0.15) is 38.3 Å². The van der Waals surface area contributed by atoms with Crippen LogP contribution in [0.25, 0.3) is 5.65 Å². The molecule has 1 saturated carbocycles. The average Bonchev–Trinajstić information content (AvgIpc) is 2.80. The Morgan fingerprint density at radius 2 is 2.11 bits per heavy atom. The summed E-state index contributed by atoms with van der Waals surface area (Å²) in [5.41, 5.74) is 2.14. The van der Waals surface area contributed by atoms with Crippen molar-refractivity contribution in [2.45, 2.75) is 39.0 Å². The number of fused-ring (bicyclic) bond motifs is 1. The molecule has 0 N–H and O–H groups in total. The Bertz CT molecular complexity index is 541. The molecule has 1 fully saturated rings. The quantitative estimate of drug-likeness (QED) is 0.843. The summed E-state index contributed by atoms with van der Waals surface area (Å²) in [5.74, 6) is 1.69. The number of rotatable bonds is 2. The number of imidazole rings is 1. The Morgan fingerprint density at radius 3 is 2.89 bits per heavy atom. The van der Waals surface area contributed by atoms with E-state index in [2.05, 4.69) is 37.2 Å². The smallest absolute Gasteiger partial charge is 0.158 e. The lowest BCUT2D eigenvalue weighted by Gasteiger charge is -2.25. The van der Waals surface area contributed by atoms with E-state index in [0.29, 0.717) is 0 Å². The molecular weight excluding hydrogens is 290 g/mol. The van der Waals surface area contributed by atoms with Crippen molar-refractivity contribution in [1.82, 2.24) is 14.4 Å². The van der Waals surface area contributed by atoms with Crippen LogP contribution in [0.4, 0.5) is 0 Å². The van der Waals surface area contributed by atoms with Gasteiger partial charge in [-0.1, -0.05) is 19.8 Å². The molecule has 1 aliphatic rings. The van der Waals surface area contributed by atoms with E-state index < -0.39 is 0 Å². The number of nitrogens with zero attached hydrogens (tertiary/aromatic N) is 3. The second-order valence-electron chi connectivity index (χ2n) is 5.50. The molecule has 0 unspecified atom stereocenters. The van der Waals surface area contributed by atoms with Gasteiger partial charge in [-0.2, -0.15) is 0 Å². The second-order valence-corrected chi connectivity index (χ2v) is 6.31. The maximum atomic E-state index is 4.62. The van der Waals surface area contributed by atoms with Gasteiger partial charge in [0.2, 0.25) is 0 Å². The third-order valence-electron chi connectivity index (χ3n) is 4.03. The van der Waals surface area contributed by atoms with Crippen molar-refractivity contribution in [3.05, 3.63) is 28.9 Å². The maximum absolute atomic E-state index is 4.62. The summed E-state index contributed by atoms with van der Waals surface area (Å²) < 4.78 is 2.95. The Morgan fingerprint density at radius 1 is 1.33 bits per heavy atom. The first-order valence-corrected chi connectivity index (χ1v) is 7.50. The summed E-state index contributed by atoms with van der Waals surface area (Å²) in [5, 5.41) is 0. The van der Waals surface area contributed by atoms with Gasteiger partial charge in [-0.25, -0.2) is 9.97 Å². The predicted molar refractivity (Wildman–Crippen MR) is 75.5 cm³/mol. The molecule has 0 aliphatic heterocycles. The Hall–Kier alpha value is -0.900. The molecule has 4 heteroatoms. The number of hydrogen-bond acceptors (Lipinski definition) is 2. The molecule has 3 rings (SSSR count). The van der Waals surface area contributed by atoms with E-state index >= 15 is 0 Å². The molecule has 2 heterocycles. The van der Waals surface area contributed by atoms with Gasteiger partial charge < -0.3 is 4.40 Å². The Labute approximate surface area is 116 Å². The fourth-order valence-corrected chi connectivity index (χ4v) is 3.34. The lowest BCUT2D eigenvalue weighted by molar-refractivity contribution is 0.287. The molecule has 1 aliphatic carbocycles. The van der Waals surface area contributed by atoms with E-state index in [9.17, 15) is 0 Å². The van der Waals surface area contributed by atoms with Gasteiger partial charge in [-0.15, -0.1) is 0 Å². The van der Waals surface area contributed by atoms with Gasteiger partial charge in [-0.05, 0) is 47.0 Å². The highest BCUT2D eigenvalue weighted by molar-refractivity contribution is 9.10. The SMILES string of the molecule is CC1CCC(Cc2nc(Br)cn3ccnc23)CC1. The first-order chi connectivity index (χ1) is 8.72. The van der Waals surface area contributed by atoms with Crippen LogP contribution in [0.15, 0.2) is 23.2 Å². The van der Waals surface area contributed by atoms with Crippen LogP contribution in [-0.2, 0) is 6.42 Å². The maximum Gasteiger partial charge on any atom is 0.158 e. The van der Waals surface area contributed by atoms with Crippen molar-refractivity contribution in [3.8, 4) is 0 Å². The molecule has 0 atom stereocenters. The summed E-state index contributed by atoms with van der Waals surface area (Å²) in [6.07, 6.45) is 12.3. The minimum Gasteiger partial charge on any atom is -0.303 e. The monoisotopic (exact) mass is 307 g/mol. The van der Waals surface area contributed by atoms with Crippen LogP contribution in [-0.4, -0.2) is 14.4 Å². The average molecular weight is 308 g/mol. The van der Waals surface area contributed by atoms with Crippen molar-refractivity contribution in [1.29, 1.82) is 0 Å². The molecule has 2 aromatic rings. The van der Waals surface area contributed by atoms with E-state index in [-0.39, 0.29) is 0 Å². The molecule has 0 aromatic carbocycles. The third kappa shape index (κ3) is 2.44. The highest BCUT2D eigenvalue weighted by Gasteiger charge is 2.20. The molecule has 18 heavy (non-hydrogen) atoms. The minimum atomic E-state index is 0.781. The zero-order chi connectivity index (χ0) is 12.5. The molecule has 0 spiro atoms. The summed E-state index contributed by atoms with van der Waals surface area (Å²) in [6.45, 7) is 2.36. The van der Waals surface area contributed by atoms with Gasteiger partial charge >= 0.3 is 0 Å². The van der Waals surface area contributed by atoms with E-state index in [1.807, 2.05) is 18.6 Å². The first-order valence-electron chi connectivity index (χ1n) is 6.70. The lowest BCUT2D eigenvalue weighted by Crippen LogP contribution is -2.15. The fourth-order valence-electron chi connectivity index (χ4n) is 2.91. The van der Waals surface area contributed by atoms with E-state index in [0.717, 1.165) is 34.2 Å². The summed E-state index contributed by atoms with van der Waals surface area (Å²) in [4.78, 5) is 9.04. The van der Waals surface area contributed by atoms with E-state index in [1.165, 1.54) is 25.7 Å². The van der Waals surface area contributed by atoms with E-state index in [4.69, 9.17) is 0 Å². The highest BCUT2D eigenvalue weighted by Crippen LogP contribution is 2.31. The Balaban J connectivity index is 1.83. The Kier molecular flexibility index (Phi) is 3.37. The van der Waals surface area contributed by atoms with Gasteiger partial charge in [0.05, 0.1) is 5.69 Å². The first kappa shape index (κ1) is 12.2. The molecule has 3 nitrogen and oxygen atoms in total. The molecular formula is C14H18BrN3. The van der Waals surface area contributed by atoms with Crippen LogP contribution in [0.2, 0.25) is 0 Å². The molecule has 0 saturated heterocycles. The van der Waals surface area contributed by atoms with Crippen molar-refractivity contribution < 1.29 is 0 Å². The van der Waals surface area contributed by atoms with Gasteiger partial charge in [0.25, 0.3) is 0 Å². The van der Waals surface area contributed by atoms with Gasteiger partial charge in [-0.3, -0.25) is 0 Å². The molecule has 0 bridgehead atoms. The number of hydrogen-bond donors (Lipinski definition) is 0.